The predicted octanol–water partition coefficient (Wildman–Crippen LogP) is 3.42. The molecule has 2 aromatic carbocycles. The van der Waals surface area contributed by atoms with E-state index < -0.39 is 29.2 Å². The largest absolute Gasteiger partial charge is 0.496 e. The number of ether oxygens (including phenoxy) is 2. The van der Waals surface area contributed by atoms with E-state index in [2.05, 4.69) is 35.9 Å². The van der Waals surface area contributed by atoms with Crippen molar-refractivity contribution in [1.29, 1.82) is 0 Å². The van der Waals surface area contributed by atoms with Crippen molar-refractivity contribution in [1.82, 2.24) is 40.0 Å². The summed E-state index contributed by atoms with van der Waals surface area (Å²) in [6.07, 6.45) is 6.88. The average molecular weight is 907 g/mol. The molecule has 0 saturated carbocycles. The summed E-state index contributed by atoms with van der Waals surface area (Å²) in [7, 11) is 10.4. The van der Waals surface area contributed by atoms with Crippen LogP contribution >= 0.6 is 0 Å². The van der Waals surface area contributed by atoms with E-state index in [1.165, 1.54) is 50.9 Å². The van der Waals surface area contributed by atoms with Crippen molar-refractivity contribution in [2.75, 3.05) is 104 Å². The summed E-state index contributed by atoms with van der Waals surface area (Å²) >= 11 is 0. The normalized spacial score (nSPS) is 14.1. The Balaban J connectivity index is 0.000000249. The minimum atomic E-state index is -0.737. The number of aromatic nitrogens is 4. The molecule has 2 aromatic heterocycles. The zero-order valence-electron chi connectivity index (χ0n) is 37.7. The van der Waals surface area contributed by atoms with Crippen molar-refractivity contribution in [2.45, 2.75) is 50.6 Å². The zero-order valence-corrected chi connectivity index (χ0v) is 37.7. The SMILES string of the molecule is CN(C)CCC(=O)O.COc1ccc(F)cc1C(=O)c1cnc(NC2CCN(C(=O)CCN(C)C)CC2)nc1N.COc1ccc(F)cc1C(=O)c1cnc(NC2CCNCC2)nc1N. The molecule has 0 unspecified atom stereocenters. The van der Waals surface area contributed by atoms with Crippen molar-refractivity contribution in [3.8, 4) is 11.5 Å². The first-order valence-corrected chi connectivity index (χ1v) is 21.0. The number of aliphatic carboxylic acids is 1. The number of likely N-dealkylation sites (tertiary alicyclic amines) is 1. The van der Waals surface area contributed by atoms with Crippen LogP contribution < -0.4 is 36.9 Å². The fraction of sp³-hybridized carbons (Fsp3) is 0.455. The van der Waals surface area contributed by atoms with Crippen molar-refractivity contribution in [3.05, 3.63) is 82.7 Å². The van der Waals surface area contributed by atoms with Crippen molar-refractivity contribution >= 4 is 47.0 Å². The molecule has 2 aliphatic heterocycles. The third-order valence-electron chi connectivity index (χ3n) is 10.3. The van der Waals surface area contributed by atoms with E-state index in [0.29, 0.717) is 38.0 Å². The molecule has 8 N–H and O–H groups in total. The summed E-state index contributed by atoms with van der Waals surface area (Å²) in [5, 5.41) is 17.9. The first kappa shape index (κ1) is 51.1. The standard InChI is InChI=1S/C22H29FN6O3.C17H20FN5O2.C5H11NO2/c1-28(2)9-8-19(30)29-10-6-15(7-11-29)26-22-25-13-17(21(24)27-22)20(31)16-12-14(23)4-5-18(16)32-3;1-25-14-3-2-10(18)8-12(14)15(24)13-9-21-17(23-16(13)19)22-11-4-6-20-7-5-11;1-6(2)4-3-5(7)8/h4-5,12-13,15H,6-11H2,1-3H3,(H3,24,25,26,27);2-3,8-9,11,20H,4-7H2,1H3,(H3,19,21,22,23);3-4H2,1-2H3,(H,7,8). The average Bonchev–Trinajstić information content (AvgIpc) is 3.28. The summed E-state index contributed by atoms with van der Waals surface area (Å²) in [4.78, 5) is 70.1. The lowest BCUT2D eigenvalue weighted by atomic mass is 10.0. The Labute approximate surface area is 377 Å². The molecule has 2 fully saturated rings. The highest BCUT2D eigenvalue weighted by Gasteiger charge is 2.25. The molecule has 352 valence electrons. The summed E-state index contributed by atoms with van der Waals surface area (Å²) in [6, 6.07) is 7.79. The van der Waals surface area contributed by atoms with Gasteiger partial charge in [0.15, 0.2) is 0 Å². The van der Waals surface area contributed by atoms with Crippen molar-refractivity contribution < 1.29 is 42.5 Å². The second kappa shape index (κ2) is 25.1. The van der Waals surface area contributed by atoms with Gasteiger partial charge in [0.1, 0.15) is 34.8 Å². The van der Waals surface area contributed by atoms with Gasteiger partial charge in [0, 0.05) is 57.1 Å². The molecule has 0 atom stereocenters. The maximum Gasteiger partial charge on any atom is 0.304 e. The van der Waals surface area contributed by atoms with E-state index in [9.17, 15) is 28.0 Å². The monoisotopic (exact) mass is 906 g/mol. The van der Waals surface area contributed by atoms with Gasteiger partial charge < -0.3 is 56.7 Å². The second-order valence-corrected chi connectivity index (χ2v) is 15.8. The fourth-order valence-electron chi connectivity index (χ4n) is 6.69. The number of rotatable bonds is 16. The van der Waals surface area contributed by atoms with Gasteiger partial charge in [0.05, 0.1) is 42.9 Å². The Morgan fingerprint density at radius 3 is 1.54 bits per heavy atom. The molecule has 19 nitrogen and oxygen atoms in total. The number of carboxylic acid groups (broad SMARTS) is 1. The van der Waals surface area contributed by atoms with Crippen LogP contribution in [-0.4, -0.2) is 157 Å². The molecule has 4 heterocycles. The molecule has 0 bridgehead atoms. The number of nitrogen functional groups attached to an aromatic ring is 2. The van der Waals surface area contributed by atoms with Crippen LogP contribution in [0.1, 0.15) is 70.4 Å². The van der Waals surface area contributed by atoms with Gasteiger partial charge in [0.2, 0.25) is 29.4 Å². The van der Waals surface area contributed by atoms with Crippen molar-refractivity contribution in [2.24, 2.45) is 0 Å². The Kier molecular flexibility index (Phi) is 19.7. The minimum absolute atomic E-state index is 0.00452. The lowest BCUT2D eigenvalue weighted by molar-refractivity contribution is -0.137. The van der Waals surface area contributed by atoms with E-state index in [1.54, 1.807) is 0 Å². The number of methoxy groups -OCH3 is 2. The zero-order chi connectivity index (χ0) is 47.6. The van der Waals surface area contributed by atoms with E-state index in [4.69, 9.17) is 26.0 Å². The molecule has 4 aromatic rings. The van der Waals surface area contributed by atoms with Gasteiger partial charge in [-0.05, 0) is 103 Å². The highest BCUT2D eigenvalue weighted by Crippen LogP contribution is 2.27. The molecule has 6 rings (SSSR count). The molecule has 1 amide bonds. The highest BCUT2D eigenvalue weighted by atomic mass is 19.1. The van der Waals surface area contributed by atoms with E-state index in [-0.39, 0.29) is 69.8 Å². The molecule has 21 heteroatoms. The maximum absolute atomic E-state index is 13.6. The number of halogens is 2. The summed E-state index contributed by atoms with van der Waals surface area (Å²) in [5.74, 6) is -1.43. The number of nitrogens with one attached hydrogen (secondary N) is 3. The number of amides is 1. The molecule has 2 saturated heterocycles. The number of nitrogens with two attached hydrogens (primary N) is 2. The number of hydrogen-bond donors (Lipinski definition) is 6. The number of ketones is 2. The molecular weight excluding hydrogens is 847 g/mol. The summed E-state index contributed by atoms with van der Waals surface area (Å²) in [6.45, 7) is 4.54. The summed E-state index contributed by atoms with van der Waals surface area (Å²) < 4.78 is 37.4. The third-order valence-corrected chi connectivity index (χ3v) is 10.3. The predicted molar refractivity (Wildman–Crippen MR) is 242 cm³/mol. The lowest BCUT2D eigenvalue weighted by Crippen LogP contribution is -2.43. The first-order valence-electron chi connectivity index (χ1n) is 21.0. The van der Waals surface area contributed by atoms with Crippen LogP contribution in [0.25, 0.3) is 0 Å². The quantitative estimate of drug-likeness (QED) is 0.0881. The Bertz CT molecular complexity index is 2240. The molecular formula is C44H60F2N12O7. The Morgan fingerprint density at radius 2 is 1.15 bits per heavy atom. The van der Waals surface area contributed by atoms with Crippen LogP contribution in [0.3, 0.4) is 0 Å². The van der Waals surface area contributed by atoms with Crippen LogP contribution in [0, 0.1) is 11.6 Å². The molecule has 65 heavy (non-hydrogen) atoms. The number of carbonyl (C=O) groups is 4. The van der Waals surface area contributed by atoms with Gasteiger partial charge in [-0.1, -0.05) is 0 Å². The molecule has 0 aliphatic carbocycles. The number of piperidine rings is 2. The Hall–Kier alpha value is -6.58. The lowest BCUT2D eigenvalue weighted by Gasteiger charge is -2.32. The molecule has 0 radical (unpaired) electrons. The topological polar surface area (TPSA) is 256 Å². The fourth-order valence-corrected chi connectivity index (χ4v) is 6.69. The maximum atomic E-state index is 13.6. The van der Waals surface area contributed by atoms with Crippen LogP contribution in [0.2, 0.25) is 0 Å². The second-order valence-electron chi connectivity index (χ2n) is 15.8. The molecule has 2 aliphatic rings. The molecule has 0 spiro atoms. The van der Waals surface area contributed by atoms with Gasteiger partial charge in [-0.15, -0.1) is 0 Å². The van der Waals surface area contributed by atoms with Crippen LogP contribution in [0.4, 0.5) is 32.3 Å². The van der Waals surface area contributed by atoms with Gasteiger partial charge in [-0.25, -0.2) is 18.7 Å². The first-order chi connectivity index (χ1) is 31.0. The van der Waals surface area contributed by atoms with Gasteiger partial charge in [-0.2, -0.15) is 9.97 Å². The number of benzene rings is 2. The number of carbonyl (C=O) groups excluding carboxylic acids is 3. The van der Waals surface area contributed by atoms with E-state index in [1.807, 2.05) is 42.9 Å². The minimum Gasteiger partial charge on any atom is -0.496 e. The Morgan fingerprint density at radius 1 is 0.723 bits per heavy atom. The van der Waals surface area contributed by atoms with Crippen LogP contribution in [0.5, 0.6) is 11.5 Å². The number of hydrogen-bond acceptors (Lipinski definition) is 17. The van der Waals surface area contributed by atoms with Gasteiger partial charge in [0.25, 0.3) is 0 Å². The smallest absolute Gasteiger partial charge is 0.304 e. The summed E-state index contributed by atoms with van der Waals surface area (Å²) in [5.41, 5.74) is 12.3. The highest BCUT2D eigenvalue weighted by molar-refractivity contribution is 6.13. The number of nitrogens with zero attached hydrogens (tertiary/aromatic N) is 7. The van der Waals surface area contributed by atoms with E-state index >= 15 is 0 Å². The van der Waals surface area contributed by atoms with Crippen molar-refractivity contribution in [3.63, 3.8) is 0 Å². The van der Waals surface area contributed by atoms with Crippen LogP contribution in [-0.2, 0) is 9.59 Å². The third kappa shape index (κ3) is 15.9. The van der Waals surface area contributed by atoms with Gasteiger partial charge in [-0.3, -0.25) is 19.2 Å². The van der Waals surface area contributed by atoms with Gasteiger partial charge >= 0.3 is 5.97 Å². The number of anilines is 4. The van der Waals surface area contributed by atoms with E-state index in [0.717, 1.165) is 57.5 Å². The van der Waals surface area contributed by atoms with Crippen LogP contribution in [0.15, 0.2) is 48.8 Å². The number of carboxylic acids is 1.